The Morgan fingerprint density at radius 1 is 1.07 bits per heavy atom. The molecule has 0 bridgehead atoms. The van der Waals surface area contributed by atoms with Crippen LogP contribution in [0.5, 0.6) is 5.75 Å². The van der Waals surface area contributed by atoms with Crippen molar-refractivity contribution in [2.24, 2.45) is 0 Å². The summed E-state index contributed by atoms with van der Waals surface area (Å²) in [7, 11) is 0. The van der Waals surface area contributed by atoms with E-state index in [1.807, 2.05) is 6.07 Å². The largest absolute Gasteiger partial charge is 0.508 e. The number of para-hydroxylation sites is 1. The van der Waals surface area contributed by atoms with Gasteiger partial charge in [0.05, 0.1) is 0 Å². The van der Waals surface area contributed by atoms with Gasteiger partial charge in [-0.2, -0.15) is 6.42 Å². The maximum atomic E-state index is 8.63. The van der Waals surface area contributed by atoms with Crippen LogP contribution in [0, 0.1) is 42.5 Å². The molecule has 0 aliphatic heterocycles. The Kier molecular flexibility index (Phi) is 16.7. The molecule has 83 valence electrons. The minimum Gasteiger partial charge on any atom is -0.508 e. The zero-order valence-corrected chi connectivity index (χ0v) is 13.3. The van der Waals surface area contributed by atoms with E-state index in [1.54, 1.807) is 24.3 Å². The van der Waals surface area contributed by atoms with Gasteiger partial charge in [-0.05, 0) is 12.1 Å². The Balaban J connectivity index is 0. The maximum absolute atomic E-state index is 8.63. The van der Waals surface area contributed by atoms with Crippen molar-refractivity contribution in [3.8, 4) is 5.75 Å². The average Bonchev–Trinajstić information content (AvgIpc) is 2.21. The molecule has 0 aromatic heterocycles. The summed E-state index contributed by atoms with van der Waals surface area (Å²) in [6, 6.07) is 8.71. The third-order valence-electron chi connectivity index (χ3n) is 1.86. The third-order valence-corrected chi connectivity index (χ3v) is 1.86. The Morgan fingerprint density at radius 3 is 2.00 bits per heavy atom. The second kappa shape index (κ2) is 14.2. The fraction of sp³-hybridized carbons (Fsp3) is 0.462. The van der Waals surface area contributed by atoms with Crippen LogP contribution in [0.25, 0.3) is 0 Å². The fourth-order valence-electron chi connectivity index (χ4n) is 1.03. The van der Waals surface area contributed by atoms with Gasteiger partial charge in [-0.3, -0.25) is 0 Å². The molecule has 2 heteroatoms. The number of benzene rings is 1. The third kappa shape index (κ3) is 14.2. The molecular formula is C13H21LaO-. The van der Waals surface area contributed by atoms with Crippen LogP contribution >= 0.6 is 0 Å². The molecule has 0 aliphatic rings. The van der Waals surface area contributed by atoms with Crippen molar-refractivity contribution >= 4 is 0 Å². The van der Waals surface area contributed by atoms with Crippen LogP contribution in [0.4, 0.5) is 0 Å². The summed E-state index contributed by atoms with van der Waals surface area (Å²) in [6.07, 6.45) is 6.52. The van der Waals surface area contributed by atoms with Gasteiger partial charge in [-0.15, -0.1) is 0 Å². The molecule has 0 fully saturated rings. The molecule has 0 saturated heterocycles. The van der Waals surface area contributed by atoms with Gasteiger partial charge in [0.1, 0.15) is 5.75 Å². The van der Waals surface area contributed by atoms with Crippen LogP contribution < -0.4 is 0 Å². The zero-order valence-electron chi connectivity index (χ0n) is 9.65. The predicted molar refractivity (Wildman–Crippen MR) is 62.2 cm³/mol. The average molecular weight is 332 g/mol. The topological polar surface area (TPSA) is 20.2 Å². The summed E-state index contributed by atoms with van der Waals surface area (Å²) >= 11 is 0. The van der Waals surface area contributed by atoms with Gasteiger partial charge in [-0.25, -0.2) is 0 Å². The van der Waals surface area contributed by atoms with Crippen molar-refractivity contribution in [1.82, 2.24) is 0 Å². The SMILES string of the molecule is Oc1ccccc1.[CH2-]CCCCCC.[La]. The van der Waals surface area contributed by atoms with Crippen molar-refractivity contribution in [2.75, 3.05) is 0 Å². The maximum Gasteiger partial charge on any atom is 0.115 e. The first-order valence-corrected chi connectivity index (χ1v) is 5.34. The van der Waals surface area contributed by atoms with Crippen LogP contribution in [0.15, 0.2) is 30.3 Å². The van der Waals surface area contributed by atoms with Crippen molar-refractivity contribution in [3.63, 3.8) is 0 Å². The van der Waals surface area contributed by atoms with E-state index in [1.165, 1.54) is 25.7 Å². The molecule has 0 unspecified atom stereocenters. The monoisotopic (exact) mass is 332 g/mol. The molecule has 1 aromatic rings. The van der Waals surface area contributed by atoms with Gasteiger partial charge in [0.25, 0.3) is 0 Å². The first-order chi connectivity index (χ1) is 6.81. The molecule has 1 radical (unpaired) electrons. The number of unbranched alkanes of at least 4 members (excludes halogenated alkanes) is 4. The van der Waals surface area contributed by atoms with Crippen LogP contribution in [0.2, 0.25) is 0 Å². The van der Waals surface area contributed by atoms with Crippen LogP contribution in [-0.4, -0.2) is 5.11 Å². The Morgan fingerprint density at radius 2 is 1.67 bits per heavy atom. The van der Waals surface area contributed by atoms with Crippen molar-refractivity contribution in [2.45, 2.75) is 39.0 Å². The summed E-state index contributed by atoms with van der Waals surface area (Å²) in [5, 5.41) is 8.63. The minimum absolute atomic E-state index is 0. The molecule has 0 amide bonds. The van der Waals surface area contributed by atoms with E-state index in [-0.39, 0.29) is 35.6 Å². The van der Waals surface area contributed by atoms with Crippen LogP contribution in [0.3, 0.4) is 0 Å². The van der Waals surface area contributed by atoms with Gasteiger partial charge >= 0.3 is 0 Å². The van der Waals surface area contributed by atoms with E-state index >= 15 is 0 Å². The van der Waals surface area contributed by atoms with E-state index in [4.69, 9.17) is 5.11 Å². The zero-order chi connectivity index (χ0) is 10.6. The number of rotatable bonds is 4. The van der Waals surface area contributed by atoms with E-state index < -0.39 is 0 Å². The second-order valence-corrected chi connectivity index (χ2v) is 3.25. The molecule has 1 N–H and O–H groups in total. The predicted octanol–water partition coefficient (Wildman–Crippen LogP) is 4.18. The first kappa shape index (κ1) is 17.6. The number of aromatic hydroxyl groups is 1. The van der Waals surface area contributed by atoms with Gasteiger partial charge < -0.3 is 12.0 Å². The van der Waals surface area contributed by atoms with Gasteiger partial charge in [0.2, 0.25) is 0 Å². The molecule has 0 atom stereocenters. The van der Waals surface area contributed by atoms with Crippen molar-refractivity contribution in [1.29, 1.82) is 0 Å². The number of phenols is 1. The van der Waals surface area contributed by atoms with Gasteiger partial charge in [0, 0.05) is 35.6 Å². The van der Waals surface area contributed by atoms with Gasteiger partial charge in [0.15, 0.2) is 0 Å². The van der Waals surface area contributed by atoms with Crippen LogP contribution in [-0.2, 0) is 0 Å². The van der Waals surface area contributed by atoms with E-state index in [0.29, 0.717) is 5.75 Å². The van der Waals surface area contributed by atoms with E-state index in [2.05, 4.69) is 13.8 Å². The molecule has 0 aliphatic carbocycles. The molecule has 1 nitrogen and oxygen atoms in total. The van der Waals surface area contributed by atoms with Gasteiger partial charge in [-0.1, -0.05) is 50.8 Å². The molecule has 1 aromatic carbocycles. The standard InChI is InChI=1S/C7H15.C6H6O.La/c1-3-5-7-6-4-2;7-6-4-2-1-3-5-6;/h1,3-7H2,2H3;1-5,7H;/q-1;;. The minimum atomic E-state index is 0. The molecule has 0 saturated carbocycles. The second-order valence-electron chi connectivity index (χ2n) is 3.25. The first-order valence-electron chi connectivity index (χ1n) is 5.34. The van der Waals surface area contributed by atoms with Crippen molar-refractivity contribution in [3.05, 3.63) is 37.3 Å². The summed E-state index contributed by atoms with van der Waals surface area (Å²) < 4.78 is 0. The summed E-state index contributed by atoms with van der Waals surface area (Å²) in [5.74, 6) is 0.322. The number of phenolic OH excluding ortho intramolecular Hbond substituents is 1. The quantitative estimate of drug-likeness (QED) is 0.648. The molecular weight excluding hydrogens is 311 g/mol. The summed E-state index contributed by atoms with van der Waals surface area (Å²) in [6.45, 7) is 5.98. The van der Waals surface area contributed by atoms with E-state index in [9.17, 15) is 0 Å². The Bertz CT molecular complexity index is 195. The fourth-order valence-corrected chi connectivity index (χ4v) is 1.03. The molecule has 15 heavy (non-hydrogen) atoms. The van der Waals surface area contributed by atoms with E-state index in [0.717, 1.165) is 6.42 Å². The number of hydrogen-bond acceptors (Lipinski definition) is 1. The summed E-state index contributed by atoms with van der Waals surface area (Å²) in [5.41, 5.74) is 0. The molecule has 1 rings (SSSR count). The smallest absolute Gasteiger partial charge is 0.115 e. The normalized spacial score (nSPS) is 8.40. The van der Waals surface area contributed by atoms with Crippen LogP contribution in [0.1, 0.15) is 39.0 Å². The summed E-state index contributed by atoms with van der Waals surface area (Å²) in [4.78, 5) is 0. The Hall–Kier alpha value is 0.215. The van der Waals surface area contributed by atoms with Crippen molar-refractivity contribution < 1.29 is 40.7 Å². The number of hydrogen-bond donors (Lipinski definition) is 1. The Labute approximate surface area is 122 Å². The molecule has 0 heterocycles. The molecule has 0 spiro atoms.